The van der Waals surface area contributed by atoms with Crippen molar-refractivity contribution in [3.8, 4) is 0 Å². The molecule has 1 N–H and O–H groups in total. The molecule has 84 valence electrons. The Morgan fingerprint density at radius 2 is 2.31 bits per heavy atom. The van der Waals surface area contributed by atoms with Gasteiger partial charge in [0.15, 0.2) is 0 Å². The number of aryl methyl sites for hydroxylation is 1. The van der Waals surface area contributed by atoms with Crippen LogP contribution in [0.25, 0.3) is 0 Å². The second-order valence-corrected chi connectivity index (χ2v) is 4.53. The Morgan fingerprint density at radius 3 is 3.00 bits per heavy atom. The van der Waals surface area contributed by atoms with Gasteiger partial charge in [0.25, 0.3) is 0 Å². The summed E-state index contributed by atoms with van der Waals surface area (Å²) < 4.78 is 0. The van der Waals surface area contributed by atoms with Crippen molar-refractivity contribution < 1.29 is 5.11 Å². The van der Waals surface area contributed by atoms with E-state index in [0.717, 1.165) is 17.7 Å². The summed E-state index contributed by atoms with van der Waals surface area (Å²) in [5.74, 6) is 0. The van der Waals surface area contributed by atoms with Crippen LogP contribution in [0.4, 0.5) is 0 Å². The van der Waals surface area contributed by atoms with Crippen LogP contribution in [-0.4, -0.2) is 10.1 Å². The molecule has 0 fully saturated rings. The zero-order valence-electron chi connectivity index (χ0n) is 9.26. The van der Waals surface area contributed by atoms with Crippen LogP contribution in [-0.2, 0) is 12.8 Å². The first-order valence-electron chi connectivity index (χ1n) is 5.44. The molecule has 16 heavy (non-hydrogen) atoms. The van der Waals surface area contributed by atoms with Crippen molar-refractivity contribution in [2.24, 2.45) is 0 Å². The van der Waals surface area contributed by atoms with Crippen LogP contribution in [0.2, 0.25) is 0 Å². The smallest absolute Gasteiger partial charge is 0.100 e. The number of aliphatic hydroxyl groups is 1. The summed E-state index contributed by atoms with van der Waals surface area (Å²) >= 11 is 1.66. The standard InChI is InChI=1S/C13H15NOS/c1-2-11-4-3-6-14-13(11)12(15)8-10-5-7-16-9-10/h3-7,9,12,15H,2,8H2,1H3. The molecule has 0 aliphatic heterocycles. The molecule has 2 aromatic rings. The van der Waals surface area contributed by atoms with E-state index in [1.165, 1.54) is 5.56 Å². The number of pyridine rings is 1. The number of nitrogens with zero attached hydrogens (tertiary/aromatic N) is 1. The summed E-state index contributed by atoms with van der Waals surface area (Å²) in [6, 6.07) is 5.99. The molecule has 0 aliphatic carbocycles. The maximum Gasteiger partial charge on any atom is 0.100 e. The molecule has 3 heteroatoms. The van der Waals surface area contributed by atoms with Crippen molar-refractivity contribution in [3.63, 3.8) is 0 Å². The van der Waals surface area contributed by atoms with E-state index in [1.807, 2.05) is 23.6 Å². The van der Waals surface area contributed by atoms with E-state index in [2.05, 4.69) is 17.3 Å². The molecule has 0 radical (unpaired) electrons. The van der Waals surface area contributed by atoms with E-state index in [1.54, 1.807) is 17.5 Å². The summed E-state index contributed by atoms with van der Waals surface area (Å²) in [5.41, 5.74) is 3.12. The van der Waals surface area contributed by atoms with Gasteiger partial charge in [0.1, 0.15) is 6.10 Å². The Balaban J connectivity index is 2.17. The third-order valence-electron chi connectivity index (χ3n) is 2.63. The molecule has 1 atom stereocenters. The van der Waals surface area contributed by atoms with Crippen molar-refractivity contribution in [1.82, 2.24) is 4.98 Å². The van der Waals surface area contributed by atoms with Crippen LogP contribution in [0.5, 0.6) is 0 Å². The molecule has 2 nitrogen and oxygen atoms in total. The van der Waals surface area contributed by atoms with Crippen LogP contribution >= 0.6 is 11.3 Å². The molecule has 0 bridgehead atoms. The van der Waals surface area contributed by atoms with Crippen LogP contribution < -0.4 is 0 Å². The SMILES string of the molecule is CCc1cccnc1C(O)Cc1ccsc1. The molecular weight excluding hydrogens is 218 g/mol. The summed E-state index contributed by atoms with van der Waals surface area (Å²) in [6.45, 7) is 2.08. The van der Waals surface area contributed by atoms with Crippen LogP contribution in [0, 0.1) is 0 Å². The molecule has 2 aromatic heterocycles. The molecule has 0 saturated heterocycles. The fourth-order valence-corrected chi connectivity index (χ4v) is 2.46. The van der Waals surface area contributed by atoms with Gasteiger partial charge in [-0.15, -0.1) is 0 Å². The second kappa shape index (κ2) is 5.23. The molecular formula is C13H15NOS. The molecule has 0 saturated carbocycles. The lowest BCUT2D eigenvalue weighted by Crippen LogP contribution is -2.06. The van der Waals surface area contributed by atoms with Gasteiger partial charge in [-0.2, -0.15) is 11.3 Å². The van der Waals surface area contributed by atoms with Gasteiger partial charge in [-0.05, 0) is 40.4 Å². The van der Waals surface area contributed by atoms with Gasteiger partial charge in [-0.3, -0.25) is 4.98 Å². The molecule has 1 unspecified atom stereocenters. The Kier molecular flexibility index (Phi) is 3.70. The van der Waals surface area contributed by atoms with Crippen molar-refractivity contribution in [2.45, 2.75) is 25.9 Å². The van der Waals surface area contributed by atoms with Crippen molar-refractivity contribution in [3.05, 3.63) is 52.0 Å². The molecule has 2 rings (SSSR count). The van der Waals surface area contributed by atoms with E-state index in [9.17, 15) is 5.11 Å². The number of aliphatic hydroxyl groups excluding tert-OH is 1. The fourth-order valence-electron chi connectivity index (χ4n) is 1.78. The van der Waals surface area contributed by atoms with E-state index in [0.29, 0.717) is 6.42 Å². The number of hydrogen-bond donors (Lipinski definition) is 1. The molecule has 0 aliphatic rings. The van der Waals surface area contributed by atoms with E-state index in [4.69, 9.17) is 0 Å². The third-order valence-corrected chi connectivity index (χ3v) is 3.36. The monoisotopic (exact) mass is 233 g/mol. The Hall–Kier alpha value is -1.19. The summed E-state index contributed by atoms with van der Waals surface area (Å²) in [6.07, 6.45) is 2.80. The van der Waals surface area contributed by atoms with Gasteiger partial charge < -0.3 is 5.11 Å². The van der Waals surface area contributed by atoms with Crippen molar-refractivity contribution in [2.75, 3.05) is 0 Å². The Bertz CT molecular complexity index is 439. The molecule has 0 amide bonds. The lowest BCUT2D eigenvalue weighted by molar-refractivity contribution is 0.172. The van der Waals surface area contributed by atoms with E-state index in [-0.39, 0.29) is 0 Å². The maximum atomic E-state index is 10.1. The maximum absolute atomic E-state index is 10.1. The zero-order chi connectivity index (χ0) is 11.4. The molecule has 2 heterocycles. The minimum Gasteiger partial charge on any atom is -0.386 e. The van der Waals surface area contributed by atoms with Gasteiger partial charge in [0.05, 0.1) is 5.69 Å². The van der Waals surface area contributed by atoms with Gasteiger partial charge in [-0.1, -0.05) is 13.0 Å². The fraction of sp³-hybridized carbons (Fsp3) is 0.308. The predicted octanol–water partition coefficient (Wildman–Crippen LogP) is 2.98. The lowest BCUT2D eigenvalue weighted by atomic mass is 10.0. The number of hydrogen-bond acceptors (Lipinski definition) is 3. The van der Waals surface area contributed by atoms with Crippen LogP contribution in [0.3, 0.4) is 0 Å². The van der Waals surface area contributed by atoms with Gasteiger partial charge >= 0.3 is 0 Å². The summed E-state index contributed by atoms with van der Waals surface area (Å²) in [4.78, 5) is 4.28. The van der Waals surface area contributed by atoms with Crippen LogP contribution in [0.1, 0.15) is 29.8 Å². The molecule has 0 spiro atoms. The minimum absolute atomic E-state index is 0.495. The topological polar surface area (TPSA) is 33.1 Å². The van der Waals surface area contributed by atoms with Gasteiger partial charge in [-0.25, -0.2) is 0 Å². The number of aromatic nitrogens is 1. The third kappa shape index (κ3) is 2.49. The van der Waals surface area contributed by atoms with Crippen LogP contribution in [0.15, 0.2) is 35.2 Å². The summed E-state index contributed by atoms with van der Waals surface area (Å²) in [7, 11) is 0. The minimum atomic E-state index is -0.495. The highest BCUT2D eigenvalue weighted by Gasteiger charge is 2.13. The number of thiophene rings is 1. The largest absolute Gasteiger partial charge is 0.386 e. The first-order chi connectivity index (χ1) is 7.81. The predicted molar refractivity (Wildman–Crippen MR) is 66.6 cm³/mol. The second-order valence-electron chi connectivity index (χ2n) is 3.75. The zero-order valence-corrected chi connectivity index (χ0v) is 10.1. The Morgan fingerprint density at radius 1 is 1.44 bits per heavy atom. The normalized spacial score (nSPS) is 12.6. The molecule has 0 aromatic carbocycles. The highest BCUT2D eigenvalue weighted by atomic mass is 32.1. The quantitative estimate of drug-likeness (QED) is 0.880. The Labute approximate surface area is 99.6 Å². The van der Waals surface area contributed by atoms with Gasteiger partial charge in [0.2, 0.25) is 0 Å². The van der Waals surface area contributed by atoms with Gasteiger partial charge in [0, 0.05) is 12.6 Å². The van der Waals surface area contributed by atoms with E-state index < -0.39 is 6.10 Å². The highest BCUT2D eigenvalue weighted by Crippen LogP contribution is 2.21. The number of rotatable bonds is 4. The average Bonchev–Trinajstić information content (AvgIpc) is 2.81. The average molecular weight is 233 g/mol. The lowest BCUT2D eigenvalue weighted by Gasteiger charge is -2.12. The van der Waals surface area contributed by atoms with E-state index >= 15 is 0 Å². The first kappa shape index (κ1) is 11.3. The summed E-state index contributed by atoms with van der Waals surface area (Å²) in [5, 5.41) is 14.2. The highest BCUT2D eigenvalue weighted by molar-refractivity contribution is 7.07. The first-order valence-corrected chi connectivity index (χ1v) is 6.38. The van der Waals surface area contributed by atoms with Crippen molar-refractivity contribution in [1.29, 1.82) is 0 Å². The van der Waals surface area contributed by atoms with Crippen molar-refractivity contribution >= 4 is 11.3 Å².